The average Bonchev–Trinajstić information content (AvgIpc) is 3.51. The van der Waals surface area contributed by atoms with E-state index in [1.807, 2.05) is 18.2 Å². The van der Waals surface area contributed by atoms with Crippen molar-refractivity contribution >= 4 is 23.2 Å². The lowest BCUT2D eigenvalue weighted by atomic mass is 9.83. The fourth-order valence-corrected chi connectivity index (χ4v) is 6.21. The zero-order valence-corrected chi connectivity index (χ0v) is 21.6. The van der Waals surface area contributed by atoms with Gasteiger partial charge in [-0.2, -0.15) is 13.2 Å². The van der Waals surface area contributed by atoms with Gasteiger partial charge in [0, 0.05) is 49.5 Å². The molecule has 2 aromatic carbocycles. The number of amides is 2. The van der Waals surface area contributed by atoms with Gasteiger partial charge in [0.05, 0.1) is 24.3 Å². The number of rotatable bonds is 6. The standard InChI is InChI=1S/C28H33F3N4O3/c1-34-10-12-35(13-11-34)21-8-9-22(23(16-21)38-2)32-27(37)24-17-6-7-18(14-17)25(24)33-26(36)19-4-3-5-20(15-19)28(29,30)31/h3-5,8-9,15-18,24-25H,6-7,10-14H2,1-2H3,(H,32,37)(H,33,36)/t17-,18+,24-,25+/m1/s1. The number of methoxy groups -OCH3 is 1. The van der Waals surface area contributed by atoms with Crippen molar-refractivity contribution < 1.29 is 27.5 Å². The molecule has 5 rings (SSSR count). The number of carbonyl (C=O) groups excluding carboxylic acids is 2. The van der Waals surface area contributed by atoms with E-state index in [4.69, 9.17) is 4.74 Å². The Labute approximate surface area is 220 Å². The predicted molar refractivity (Wildman–Crippen MR) is 138 cm³/mol. The largest absolute Gasteiger partial charge is 0.494 e. The quantitative estimate of drug-likeness (QED) is 0.584. The predicted octanol–water partition coefficient (Wildman–Crippen LogP) is 4.25. The van der Waals surface area contributed by atoms with E-state index in [2.05, 4.69) is 27.5 Å². The third-order valence-corrected chi connectivity index (χ3v) is 8.28. The van der Waals surface area contributed by atoms with Gasteiger partial charge >= 0.3 is 6.18 Å². The maximum absolute atomic E-state index is 13.5. The lowest BCUT2D eigenvalue weighted by molar-refractivity contribution is -0.137. The van der Waals surface area contributed by atoms with E-state index in [0.29, 0.717) is 11.4 Å². The van der Waals surface area contributed by atoms with Crippen LogP contribution in [0.5, 0.6) is 5.75 Å². The smallest absolute Gasteiger partial charge is 0.416 e. The highest BCUT2D eigenvalue weighted by molar-refractivity contribution is 5.98. The molecule has 2 saturated carbocycles. The average molecular weight is 531 g/mol. The van der Waals surface area contributed by atoms with Gasteiger partial charge < -0.3 is 25.2 Å². The van der Waals surface area contributed by atoms with E-state index in [1.54, 1.807) is 7.11 Å². The first kappa shape index (κ1) is 26.3. The van der Waals surface area contributed by atoms with Crippen LogP contribution in [-0.2, 0) is 11.0 Å². The summed E-state index contributed by atoms with van der Waals surface area (Å²) in [6.45, 7) is 3.75. The molecule has 0 radical (unpaired) electrons. The normalized spacial score (nSPS) is 25.3. The minimum atomic E-state index is -4.54. The molecule has 0 aromatic heterocycles. The van der Waals surface area contributed by atoms with Crippen molar-refractivity contribution in [1.82, 2.24) is 10.2 Å². The zero-order chi connectivity index (χ0) is 27.0. The molecule has 0 spiro atoms. The van der Waals surface area contributed by atoms with Gasteiger partial charge in [0.1, 0.15) is 5.75 Å². The molecule has 7 nitrogen and oxygen atoms in total. The van der Waals surface area contributed by atoms with E-state index in [0.717, 1.165) is 63.3 Å². The van der Waals surface area contributed by atoms with E-state index in [-0.39, 0.29) is 23.3 Å². The van der Waals surface area contributed by atoms with Gasteiger partial charge in [0.25, 0.3) is 5.91 Å². The molecule has 2 bridgehead atoms. The Hall–Kier alpha value is -3.27. The molecule has 38 heavy (non-hydrogen) atoms. The highest BCUT2D eigenvalue weighted by atomic mass is 19.4. The van der Waals surface area contributed by atoms with Crippen molar-refractivity contribution in [3.63, 3.8) is 0 Å². The number of ether oxygens (including phenoxy) is 1. The Morgan fingerprint density at radius 2 is 1.74 bits per heavy atom. The van der Waals surface area contributed by atoms with E-state index >= 15 is 0 Å². The van der Waals surface area contributed by atoms with Crippen LogP contribution in [0.15, 0.2) is 42.5 Å². The number of benzene rings is 2. The Morgan fingerprint density at radius 1 is 1.00 bits per heavy atom. The number of halogens is 3. The van der Waals surface area contributed by atoms with Gasteiger partial charge in [-0.15, -0.1) is 0 Å². The Kier molecular flexibility index (Phi) is 7.26. The Balaban J connectivity index is 1.30. The maximum Gasteiger partial charge on any atom is 0.416 e. The van der Waals surface area contributed by atoms with Crippen molar-refractivity contribution in [2.75, 3.05) is 50.6 Å². The minimum Gasteiger partial charge on any atom is -0.494 e. The van der Waals surface area contributed by atoms with Gasteiger partial charge in [0.2, 0.25) is 5.91 Å². The minimum absolute atomic E-state index is 0.0667. The number of hydrogen-bond acceptors (Lipinski definition) is 5. The number of carbonyl (C=O) groups is 2. The van der Waals surface area contributed by atoms with Crippen LogP contribution in [0.2, 0.25) is 0 Å². The first-order valence-electron chi connectivity index (χ1n) is 13.0. The molecule has 0 unspecified atom stereocenters. The third-order valence-electron chi connectivity index (χ3n) is 8.28. The third kappa shape index (κ3) is 5.32. The number of nitrogens with zero attached hydrogens (tertiary/aromatic N) is 2. The monoisotopic (exact) mass is 530 g/mol. The van der Waals surface area contributed by atoms with E-state index < -0.39 is 29.6 Å². The van der Waals surface area contributed by atoms with Gasteiger partial charge in [-0.3, -0.25) is 9.59 Å². The summed E-state index contributed by atoms with van der Waals surface area (Å²) in [4.78, 5) is 31.0. The van der Waals surface area contributed by atoms with Gasteiger partial charge in [-0.05, 0) is 68.5 Å². The SMILES string of the molecule is COc1cc(N2CCN(C)CC2)ccc1NC(=O)[C@@H]1[C@@H]2CC[C@@H](C2)[C@@H]1NC(=O)c1cccc(C(F)(F)F)c1. The molecule has 3 aliphatic rings. The molecule has 204 valence electrons. The maximum atomic E-state index is 13.5. The van der Waals surface area contributed by atoms with E-state index in [9.17, 15) is 22.8 Å². The molecular formula is C28H33F3N4O3. The van der Waals surface area contributed by atoms with Crippen LogP contribution in [0.3, 0.4) is 0 Å². The second kappa shape index (κ2) is 10.5. The Morgan fingerprint density at radius 3 is 2.45 bits per heavy atom. The van der Waals surface area contributed by atoms with Crippen molar-refractivity contribution in [2.24, 2.45) is 17.8 Å². The molecule has 1 saturated heterocycles. The summed E-state index contributed by atoms with van der Waals surface area (Å²) in [5.74, 6) is -0.486. The Bertz CT molecular complexity index is 1200. The lowest BCUT2D eigenvalue weighted by Crippen LogP contribution is -2.48. The topological polar surface area (TPSA) is 73.9 Å². The molecule has 2 amide bonds. The van der Waals surface area contributed by atoms with Crippen LogP contribution >= 0.6 is 0 Å². The highest BCUT2D eigenvalue weighted by Gasteiger charge is 2.51. The number of hydrogen-bond donors (Lipinski definition) is 2. The van der Waals surface area contributed by atoms with Crippen LogP contribution in [-0.4, -0.2) is 63.1 Å². The van der Waals surface area contributed by atoms with Crippen molar-refractivity contribution in [3.8, 4) is 5.75 Å². The van der Waals surface area contributed by atoms with Crippen molar-refractivity contribution in [1.29, 1.82) is 0 Å². The number of anilines is 2. The molecular weight excluding hydrogens is 497 g/mol. The van der Waals surface area contributed by atoms with Gasteiger partial charge in [-0.25, -0.2) is 0 Å². The number of piperazine rings is 1. The summed E-state index contributed by atoms with van der Waals surface area (Å²) >= 11 is 0. The van der Waals surface area contributed by atoms with Crippen LogP contribution in [0, 0.1) is 17.8 Å². The van der Waals surface area contributed by atoms with Crippen molar-refractivity contribution in [3.05, 3.63) is 53.6 Å². The summed E-state index contributed by atoms with van der Waals surface area (Å²) in [7, 11) is 3.66. The number of likely N-dealkylation sites (N-methyl/N-ethyl adjacent to an activating group) is 1. The zero-order valence-electron chi connectivity index (χ0n) is 21.6. The number of alkyl halides is 3. The van der Waals surface area contributed by atoms with Crippen LogP contribution in [0.1, 0.15) is 35.2 Å². The van der Waals surface area contributed by atoms with Gasteiger partial charge in [0.15, 0.2) is 0 Å². The lowest BCUT2D eigenvalue weighted by Gasteiger charge is -2.34. The molecule has 1 aliphatic heterocycles. The second-order valence-electron chi connectivity index (χ2n) is 10.6. The molecule has 4 atom stereocenters. The van der Waals surface area contributed by atoms with Crippen LogP contribution in [0.4, 0.5) is 24.5 Å². The fraction of sp³-hybridized carbons (Fsp3) is 0.500. The second-order valence-corrected chi connectivity index (χ2v) is 10.6. The summed E-state index contributed by atoms with van der Waals surface area (Å²) in [5.41, 5.74) is 0.641. The van der Waals surface area contributed by atoms with E-state index in [1.165, 1.54) is 12.1 Å². The first-order valence-corrected chi connectivity index (χ1v) is 13.0. The van der Waals surface area contributed by atoms with Gasteiger partial charge in [-0.1, -0.05) is 6.07 Å². The number of fused-ring (bicyclic) bond motifs is 2. The summed E-state index contributed by atoms with van der Waals surface area (Å²) in [6.07, 6.45) is -1.96. The summed E-state index contributed by atoms with van der Waals surface area (Å²) < 4.78 is 45.0. The summed E-state index contributed by atoms with van der Waals surface area (Å²) in [6, 6.07) is 9.67. The molecule has 10 heteroatoms. The summed E-state index contributed by atoms with van der Waals surface area (Å²) in [5, 5.41) is 5.90. The van der Waals surface area contributed by atoms with Crippen LogP contribution in [0.25, 0.3) is 0 Å². The molecule has 2 aliphatic carbocycles. The first-order chi connectivity index (χ1) is 18.1. The number of nitrogens with one attached hydrogen (secondary N) is 2. The fourth-order valence-electron chi connectivity index (χ4n) is 6.21. The molecule has 3 fully saturated rings. The molecule has 1 heterocycles. The molecule has 2 N–H and O–H groups in total. The van der Waals surface area contributed by atoms with Crippen molar-refractivity contribution in [2.45, 2.75) is 31.5 Å². The van der Waals surface area contributed by atoms with Crippen LogP contribution < -0.4 is 20.3 Å². The highest BCUT2D eigenvalue weighted by Crippen LogP contribution is 2.49. The molecule has 2 aromatic rings.